The highest BCUT2D eigenvalue weighted by atomic mass is 15.0. The lowest BCUT2D eigenvalue weighted by Crippen LogP contribution is -2.16. The van der Waals surface area contributed by atoms with Gasteiger partial charge in [-0.2, -0.15) is 0 Å². The number of rotatable bonds is 5. The highest BCUT2D eigenvalue weighted by Gasteiger charge is 2.44. The zero-order valence-electron chi connectivity index (χ0n) is 27.9. The third-order valence-corrected chi connectivity index (χ3v) is 13.5. The van der Waals surface area contributed by atoms with Crippen LogP contribution in [-0.4, -0.2) is 33.0 Å². The van der Waals surface area contributed by atoms with Crippen LogP contribution in [0.2, 0.25) is 0 Å². The molecule has 2 saturated heterocycles. The lowest BCUT2D eigenvalue weighted by molar-refractivity contribution is 0.318. The molecule has 2 aromatic heterocycles. The molecule has 0 amide bonds. The number of imidazole rings is 2. The zero-order chi connectivity index (χ0) is 31.4. The Morgan fingerprint density at radius 2 is 1.33 bits per heavy atom. The molecule has 1 spiro atoms. The van der Waals surface area contributed by atoms with Crippen LogP contribution >= 0.6 is 0 Å². The molecule has 6 heteroatoms. The van der Waals surface area contributed by atoms with Crippen LogP contribution in [0.3, 0.4) is 0 Å². The first kappa shape index (κ1) is 28.1. The summed E-state index contributed by atoms with van der Waals surface area (Å²) in [7, 11) is 0. The second kappa shape index (κ2) is 10.6. The lowest BCUT2D eigenvalue weighted by Gasteiger charge is -2.25. The van der Waals surface area contributed by atoms with Crippen molar-refractivity contribution in [2.24, 2.45) is 5.41 Å². The summed E-state index contributed by atoms with van der Waals surface area (Å²) in [6, 6.07) is 17.6. The van der Waals surface area contributed by atoms with Gasteiger partial charge in [0.05, 0.1) is 35.0 Å². The van der Waals surface area contributed by atoms with E-state index in [4.69, 9.17) is 9.97 Å². The van der Waals surface area contributed by atoms with Gasteiger partial charge in [-0.3, -0.25) is 0 Å². The quantitative estimate of drug-likeness (QED) is 0.155. The van der Waals surface area contributed by atoms with Gasteiger partial charge in [-0.05, 0) is 158 Å². The van der Waals surface area contributed by atoms with Crippen molar-refractivity contribution in [2.45, 2.75) is 107 Å². The maximum Gasteiger partial charge on any atom is 0.124 e. The lowest BCUT2D eigenvalue weighted by atomic mass is 9.79. The van der Waals surface area contributed by atoms with Gasteiger partial charge in [0.25, 0.3) is 0 Å². The second-order valence-electron chi connectivity index (χ2n) is 16.2. The molecule has 6 aliphatic rings. The van der Waals surface area contributed by atoms with E-state index >= 15 is 0 Å². The Morgan fingerprint density at radius 1 is 0.646 bits per heavy atom. The molecule has 2 saturated carbocycles. The highest BCUT2D eigenvalue weighted by Crippen LogP contribution is 2.60. The first-order chi connectivity index (χ1) is 23.7. The highest BCUT2D eigenvalue weighted by molar-refractivity contribution is 5.87. The molecule has 4 atom stereocenters. The summed E-state index contributed by atoms with van der Waals surface area (Å²) in [5.41, 5.74) is 17.7. The maximum absolute atomic E-state index is 4.98. The predicted molar refractivity (Wildman–Crippen MR) is 192 cm³/mol. The molecule has 4 unspecified atom stereocenters. The van der Waals surface area contributed by atoms with E-state index in [1.165, 1.54) is 111 Å². The molecule has 48 heavy (non-hydrogen) atoms. The van der Waals surface area contributed by atoms with E-state index in [1.54, 1.807) is 22.3 Å². The summed E-state index contributed by atoms with van der Waals surface area (Å²) in [6.45, 7) is 2.18. The van der Waals surface area contributed by atoms with Crippen molar-refractivity contribution in [3.05, 3.63) is 82.6 Å². The van der Waals surface area contributed by atoms with Crippen LogP contribution in [0.25, 0.3) is 44.5 Å². The van der Waals surface area contributed by atoms with E-state index in [0.29, 0.717) is 29.3 Å². The van der Waals surface area contributed by atoms with Gasteiger partial charge >= 0.3 is 0 Å². The molecule has 0 radical (unpaired) electrons. The van der Waals surface area contributed by atoms with Crippen LogP contribution in [0.5, 0.6) is 0 Å². The Balaban J connectivity index is 1.03. The summed E-state index contributed by atoms with van der Waals surface area (Å²) >= 11 is 0. The van der Waals surface area contributed by atoms with Crippen LogP contribution < -0.4 is 10.6 Å². The smallest absolute Gasteiger partial charge is 0.124 e. The van der Waals surface area contributed by atoms with Gasteiger partial charge < -0.3 is 20.6 Å². The number of H-pyrrole nitrogens is 2. The van der Waals surface area contributed by atoms with Crippen LogP contribution in [0.1, 0.15) is 128 Å². The average Bonchev–Trinajstić information content (AvgIpc) is 3.97. The number of hydrogen-bond acceptors (Lipinski definition) is 4. The van der Waals surface area contributed by atoms with Gasteiger partial charge in [0.15, 0.2) is 0 Å². The normalized spacial score (nSPS) is 26.8. The molecule has 4 fully saturated rings. The molecule has 2 bridgehead atoms. The van der Waals surface area contributed by atoms with E-state index in [1.807, 2.05) is 0 Å². The number of aromatic amines is 2. The van der Waals surface area contributed by atoms with Gasteiger partial charge in [-0.15, -0.1) is 0 Å². The summed E-state index contributed by atoms with van der Waals surface area (Å²) in [5, 5.41) is 7.25. The summed E-state index contributed by atoms with van der Waals surface area (Å²) in [5.74, 6) is 3.56. The Bertz CT molecular complexity index is 2070. The molecule has 4 heterocycles. The van der Waals surface area contributed by atoms with Crippen molar-refractivity contribution >= 4 is 11.0 Å². The SMILES string of the molecule is c1cc2nc(C3CCCN3)[nH]c2cc1-c1ccc(-c2ccc(-c3cnc(C4CCCN4)[nH]3)c3c2CC2(CCCC2)C3)c2c1C1CCC2C1. The van der Waals surface area contributed by atoms with E-state index in [2.05, 4.69) is 69.3 Å². The maximum atomic E-state index is 4.98. The van der Waals surface area contributed by atoms with Gasteiger partial charge in [0.2, 0.25) is 0 Å². The van der Waals surface area contributed by atoms with E-state index in [9.17, 15) is 0 Å². The van der Waals surface area contributed by atoms with E-state index in [0.717, 1.165) is 42.2 Å². The zero-order valence-corrected chi connectivity index (χ0v) is 27.9. The molecular formula is C42H46N6. The topological polar surface area (TPSA) is 81.4 Å². The largest absolute Gasteiger partial charge is 0.341 e. The fraction of sp³-hybridized carbons (Fsp3) is 0.476. The number of benzene rings is 3. The summed E-state index contributed by atoms with van der Waals surface area (Å²) in [6.07, 6.45) is 18.8. The monoisotopic (exact) mass is 634 g/mol. The molecule has 11 rings (SSSR count). The fourth-order valence-corrected chi connectivity index (χ4v) is 11.2. The van der Waals surface area contributed by atoms with Gasteiger partial charge in [0, 0.05) is 5.56 Å². The van der Waals surface area contributed by atoms with Crippen LogP contribution in [0, 0.1) is 5.41 Å². The predicted octanol–water partition coefficient (Wildman–Crippen LogP) is 9.16. The second-order valence-corrected chi connectivity index (χ2v) is 16.2. The number of aromatic nitrogens is 4. The van der Waals surface area contributed by atoms with Crippen molar-refractivity contribution < 1.29 is 0 Å². The van der Waals surface area contributed by atoms with Crippen molar-refractivity contribution in [1.29, 1.82) is 0 Å². The number of fused-ring (bicyclic) bond motifs is 7. The first-order valence-corrected chi connectivity index (χ1v) is 19.0. The van der Waals surface area contributed by atoms with Crippen LogP contribution in [0.4, 0.5) is 0 Å². The van der Waals surface area contributed by atoms with Crippen molar-refractivity contribution in [2.75, 3.05) is 13.1 Å². The molecule has 244 valence electrons. The number of nitrogens with one attached hydrogen (secondary N) is 4. The molecule has 4 N–H and O–H groups in total. The Labute approximate surface area is 283 Å². The van der Waals surface area contributed by atoms with Gasteiger partial charge in [0.1, 0.15) is 11.6 Å². The van der Waals surface area contributed by atoms with E-state index < -0.39 is 0 Å². The Morgan fingerprint density at radius 3 is 2.10 bits per heavy atom. The minimum Gasteiger partial charge on any atom is -0.341 e. The van der Waals surface area contributed by atoms with Crippen molar-refractivity contribution in [3.63, 3.8) is 0 Å². The number of hydrogen-bond donors (Lipinski definition) is 4. The van der Waals surface area contributed by atoms with E-state index in [-0.39, 0.29) is 0 Å². The standard InChI is InChI=1S/C42H46N6/c1-2-16-42(15-1)21-31-28(11-12-29(32(31)22-42)37-23-45-40(48-37)34-5-3-17-43-34)30-13-10-27(38-25-7-8-26(19-25)39(30)38)24-9-14-33-36(20-24)47-41(46-33)35-6-4-18-44-35/h9-14,20,23,25-26,34-35,43-44H,1-8,15-19,21-22H2,(H,45,48)(H,46,47). The van der Waals surface area contributed by atoms with Crippen LogP contribution in [-0.2, 0) is 12.8 Å². The average molecular weight is 635 g/mol. The fourth-order valence-electron chi connectivity index (χ4n) is 11.2. The molecule has 5 aromatic rings. The molecule has 2 aliphatic heterocycles. The molecule has 6 nitrogen and oxygen atoms in total. The molecule has 4 aliphatic carbocycles. The van der Waals surface area contributed by atoms with Crippen LogP contribution in [0.15, 0.2) is 48.7 Å². The minimum absolute atomic E-state index is 0.358. The van der Waals surface area contributed by atoms with Gasteiger partial charge in [-0.25, -0.2) is 9.97 Å². The molecular weight excluding hydrogens is 589 g/mol. The van der Waals surface area contributed by atoms with Gasteiger partial charge in [-0.1, -0.05) is 43.2 Å². The third-order valence-electron chi connectivity index (χ3n) is 13.5. The van der Waals surface area contributed by atoms with Crippen molar-refractivity contribution in [1.82, 2.24) is 30.6 Å². The third kappa shape index (κ3) is 4.24. The van der Waals surface area contributed by atoms with Crippen molar-refractivity contribution in [3.8, 4) is 33.5 Å². The Kier molecular flexibility index (Phi) is 6.23. The minimum atomic E-state index is 0.358. The molecule has 3 aromatic carbocycles. The summed E-state index contributed by atoms with van der Waals surface area (Å²) < 4.78 is 0. The Hall–Kier alpha value is -3.74. The summed E-state index contributed by atoms with van der Waals surface area (Å²) in [4.78, 5) is 17.3. The first-order valence-electron chi connectivity index (χ1n) is 19.0. The number of nitrogens with zero attached hydrogens (tertiary/aromatic N) is 2.